The van der Waals surface area contributed by atoms with Crippen molar-refractivity contribution >= 4 is 9.24 Å². The van der Waals surface area contributed by atoms with Crippen LogP contribution in [0.25, 0.3) is 0 Å². The first-order valence-electron chi connectivity index (χ1n) is 5.51. The van der Waals surface area contributed by atoms with E-state index in [1.165, 1.54) is 44.9 Å². The van der Waals surface area contributed by atoms with Gasteiger partial charge in [-0.15, -0.1) is 9.24 Å². The molecule has 0 heterocycles. The lowest BCUT2D eigenvalue weighted by Crippen LogP contribution is -2.42. The highest BCUT2D eigenvalue weighted by Crippen LogP contribution is 2.31. The van der Waals surface area contributed by atoms with Crippen LogP contribution < -0.4 is 11.1 Å². The van der Waals surface area contributed by atoms with Crippen LogP contribution in [0.1, 0.15) is 44.9 Å². The molecule has 0 aromatic carbocycles. The van der Waals surface area contributed by atoms with Crippen LogP contribution in [0.3, 0.4) is 0 Å². The van der Waals surface area contributed by atoms with Gasteiger partial charge in [0.1, 0.15) is 0 Å². The van der Waals surface area contributed by atoms with E-state index in [0.29, 0.717) is 5.28 Å². The lowest BCUT2D eigenvalue weighted by Gasteiger charge is -2.32. The van der Waals surface area contributed by atoms with Crippen molar-refractivity contribution in [1.29, 1.82) is 0 Å². The molecule has 2 nitrogen and oxygen atoms in total. The number of hydrogen-bond acceptors (Lipinski definition) is 2. The lowest BCUT2D eigenvalue weighted by atomic mass is 9.96. The van der Waals surface area contributed by atoms with Crippen LogP contribution in [0.15, 0.2) is 0 Å². The van der Waals surface area contributed by atoms with Gasteiger partial charge in [-0.25, -0.2) is 0 Å². The second-order valence-electron chi connectivity index (χ2n) is 4.14. The molecule has 1 saturated carbocycles. The van der Waals surface area contributed by atoms with Crippen molar-refractivity contribution in [1.82, 2.24) is 5.32 Å². The van der Waals surface area contributed by atoms with Gasteiger partial charge in [-0.3, -0.25) is 0 Å². The standard InChI is InChI=1S/C10H23N2P/c11-8-9-12-10(13)6-4-2-1-3-5-7-10/h12H,1-9,11,13H2. The van der Waals surface area contributed by atoms with Crippen molar-refractivity contribution in [2.24, 2.45) is 5.73 Å². The summed E-state index contributed by atoms with van der Waals surface area (Å²) < 4.78 is 0. The molecule has 0 aliphatic heterocycles. The van der Waals surface area contributed by atoms with Gasteiger partial charge in [0.25, 0.3) is 0 Å². The first-order valence-corrected chi connectivity index (χ1v) is 6.08. The fourth-order valence-electron chi connectivity index (χ4n) is 2.03. The van der Waals surface area contributed by atoms with Crippen LogP contribution in [-0.4, -0.2) is 18.4 Å². The van der Waals surface area contributed by atoms with Crippen molar-refractivity contribution < 1.29 is 0 Å². The zero-order chi connectivity index (χ0) is 9.57. The molecule has 1 unspecified atom stereocenters. The highest BCUT2D eigenvalue weighted by Gasteiger charge is 2.23. The Kier molecular flexibility index (Phi) is 5.23. The molecule has 13 heavy (non-hydrogen) atoms. The minimum atomic E-state index is 0.291. The second kappa shape index (κ2) is 5.95. The molecular weight excluding hydrogens is 179 g/mol. The molecule has 1 aliphatic carbocycles. The number of nitrogens with one attached hydrogen (secondary N) is 1. The van der Waals surface area contributed by atoms with E-state index in [4.69, 9.17) is 5.73 Å². The van der Waals surface area contributed by atoms with E-state index in [-0.39, 0.29) is 0 Å². The Morgan fingerprint density at radius 2 is 1.62 bits per heavy atom. The molecule has 1 atom stereocenters. The number of rotatable bonds is 3. The Hall–Kier alpha value is 0.350. The van der Waals surface area contributed by atoms with Crippen molar-refractivity contribution in [2.75, 3.05) is 13.1 Å². The first kappa shape index (κ1) is 11.4. The van der Waals surface area contributed by atoms with Crippen LogP contribution in [0.4, 0.5) is 0 Å². The molecule has 0 amide bonds. The smallest absolute Gasteiger partial charge is 0.0323 e. The molecule has 78 valence electrons. The highest BCUT2D eigenvalue weighted by molar-refractivity contribution is 7.18. The zero-order valence-corrected chi connectivity index (χ0v) is 9.67. The molecule has 1 aliphatic rings. The average Bonchev–Trinajstić information content (AvgIpc) is 2.09. The molecule has 3 heteroatoms. The average molecular weight is 202 g/mol. The van der Waals surface area contributed by atoms with Gasteiger partial charge < -0.3 is 11.1 Å². The molecular formula is C10H23N2P. The molecule has 0 aromatic rings. The summed E-state index contributed by atoms with van der Waals surface area (Å²) in [6.45, 7) is 1.69. The predicted octanol–water partition coefficient (Wildman–Crippen LogP) is 1.85. The zero-order valence-electron chi connectivity index (χ0n) is 8.52. The van der Waals surface area contributed by atoms with E-state index in [1.54, 1.807) is 0 Å². The molecule has 1 fully saturated rings. The summed E-state index contributed by atoms with van der Waals surface area (Å²) in [7, 11) is 3.00. The van der Waals surface area contributed by atoms with Crippen LogP contribution in [-0.2, 0) is 0 Å². The molecule has 0 aromatic heterocycles. The van der Waals surface area contributed by atoms with Gasteiger partial charge in [0.15, 0.2) is 0 Å². The quantitative estimate of drug-likeness (QED) is 0.685. The Morgan fingerprint density at radius 1 is 1.08 bits per heavy atom. The van der Waals surface area contributed by atoms with Gasteiger partial charge in [-0.2, -0.15) is 0 Å². The maximum absolute atomic E-state index is 5.50. The molecule has 1 rings (SSSR count). The predicted molar refractivity (Wildman–Crippen MR) is 61.8 cm³/mol. The Labute approximate surface area is 84.2 Å². The van der Waals surface area contributed by atoms with Crippen molar-refractivity contribution in [2.45, 2.75) is 50.2 Å². The van der Waals surface area contributed by atoms with E-state index < -0.39 is 0 Å². The van der Waals surface area contributed by atoms with Crippen LogP contribution in [0.2, 0.25) is 0 Å². The van der Waals surface area contributed by atoms with E-state index in [2.05, 4.69) is 14.6 Å². The van der Waals surface area contributed by atoms with E-state index in [1.807, 2.05) is 0 Å². The molecule has 0 spiro atoms. The van der Waals surface area contributed by atoms with Crippen LogP contribution in [0.5, 0.6) is 0 Å². The van der Waals surface area contributed by atoms with Gasteiger partial charge in [0.2, 0.25) is 0 Å². The van der Waals surface area contributed by atoms with Gasteiger partial charge in [0.05, 0.1) is 0 Å². The molecule has 0 saturated heterocycles. The topological polar surface area (TPSA) is 38.0 Å². The molecule has 3 N–H and O–H groups in total. The maximum atomic E-state index is 5.50. The van der Waals surface area contributed by atoms with E-state index in [9.17, 15) is 0 Å². The summed E-state index contributed by atoms with van der Waals surface area (Å²) >= 11 is 0. The maximum Gasteiger partial charge on any atom is 0.0323 e. The van der Waals surface area contributed by atoms with Crippen molar-refractivity contribution in [3.05, 3.63) is 0 Å². The summed E-state index contributed by atoms with van der Waals surface area (Å²) in [5.74, 6) is 0. The third-order valence-corrected chi connectivity index (χ3v) is 3.65. The van der Waals surface area contributed by atoms with Crippen molar-refractivity contribution in [3.63, 3.8) is 0 Å². The van der Waals surface area contributed by atoms with Gasteiger partial charge in [-0.05, 0) is 12.8 Å². The first-order chi connectivity index (χ1) is 6.27. The van der Waals surface area contributed by atoms with Gasteiger partial charge >= 0.3 is 0 Å². The van der Waals surface area contributed by atoms with Crippen LogP contribution in [0, 0.1) is 0 Å². The lowest BCUT2D eigenvalue weighted by molar-refractivity contribution is 0.358. The summed E-state index contributed by atoms with van der Waals surface area (Å²) in [5, 5.41) is 3.84. The third kappa shape index (κ3) is 4.39. The largest absolute Gasteiger partial charge is 0.329 e. The highest BCUT2D eigenvalue weighted by atomic mass is 31.0. The minimum absolute atomic E-state index is 0.291. The summed E-state index contributed by atoms with van der Waals surface area (Å²) in [6.07, 6.45) is 9.54. The van der Waals surface area contributed by atoms with Gasteiger partial charge in [-0.1, -0.05) is 32.1 Å². The monoisotopic (exact) mass is 202 g/mol. The van der Waals surface area contributed by atoms with E-state index in [0.717, 1.165) is 13.1 Å². The second-order valence-corrected chi connectivity index (χ2v) is 5.24. The van der Waals surface area contributed by atoms with Crippen molar-refractivity contribution in [3.8, 4) is 0 Å². The van der Waals surface area contributed by atoms with Crippen LogP contribution >= 0.6 is 9.24 Å². The summed E-state index contributed by atoms with van der Waals surface area (Å²) in [5.41, 5.74) is 5.50. The fourth-order valence-corrected chi connectivity index (χ4v) is 2.59. The Morgan fingerprint density at radius 3 is 2.15 bits per heavy atom. The fraction of sp³-hybridized carbons (Fsp3) is 1.00. The normalized spacial score (nSPS) is 23.5. The SMILES string of the molecule is NCCNC1(P)CCCCCCC1. The van der Waals surface area contributed by atoms with E-state index >= 15 is 0 Å². The molecule has 0 bridgehead atoms. The molecule has 0 radical (unpaired) electrons. The summed E-state index contributed by atoms with van der Waals surface area (Å²) in [4.78, 5) is 0. The number of hydrogen-bond donors (Lipinski definition) is 2. The van der Waals surface area contributed by atoms with Gasteiger partial charge in [0, 0.05) is 18.4 Å². The Bertz CT molecular complexity index is 125. The minimum Gasteiger partial charge on any atom is -0.329 e. The third-order valence-electron chi connectivity index (χ3n) is 2.87. The Balaban J connectivity index is 2.32. The number of nitrogens with two attached hydrogens (primary N) is 1. The summed E-state index contributed by atoms with van der Waals surface area (Å²) in [6, 6.07) is 0.